The third kappa shape index (κ3) is 3.81. The van der Waals surface area contributed by atoms with Gasteiger partial charge < -0.3 is 0 Å². The topological polar surface area (TPSA) is 95.2 Å². The first kappa shape index (κ1) is 20.1. The second kappa shape index (κ2) is 8.69. The smallest absolute Gasteiger partial charge is 0.101 e. The molecule has 146 valence electrons. The molecule has 0 fully saturated rings. The van der Waals surface area contributed by atoms with Crippen LogP contribution in [0.3, 0.4) is 0 Å². The summed E-state index contributed by atoms with van der Waals surface area (Å²) in [4.78, 5) is 0. The molecule has 0 saturated heterocycles. The summed E-state index contributed by atoms with van der Waals surface area (Å²) in [7, 11) is 0. The molecule has 0 heterocycles. The van der Waals surface area contributed by atoms with E-state index in [1.54, 1.807) is 24.3 Å². The molecule has 0 unspecified atom stereocenters. The Hall–Kier alpha value is -5.16. The van der Waals surface area contributed by atoms with Crippen LogP contribution in [0.25, 0.3) is 33.4 Å². The van der Waals surface area contributed by atoms with Gasteiger partial charge in [0.2, 0.25) is 0 Å². The van der Waals surface area contributed by atoms with E-state index in [1.165, 1.54) is 0 Å². The van der Waals surface area contributed by atoms with Crippen LogP contribution < -0.4 is 0 Å². The van der Waals surface area contributed by atoms with Gasteiger partial charge in [0.1, 0.15) is 24.3 Å². The van der Waals surface area contributed by atoms with Crippen molar-refractivity contribution >= 4 is 0 Å². The van der Waals surface area contributed by atoms with Gasteiger partial charge in [-0.1, -0.05) is 60.7 Å². The van der Waals surface area contributed by atoms with Gasteiger partial charge in [0, 0.05) is 0 Å². The minimum Gasteiger partial charge on any atom is -0.192 e. The standard InChI is InChI=1S/C28H14N4/c29-15-25-11-9-23(13-27(25)17-31)21-5-1-19(2-6-21)20-3-7-22(8-4-20)24-10-12-26(16-30)28(14-24)18-32/h1-14H. The zero-order chi connectivity index (χ0) is 22.5. The van der Waals surface area contributed by atoms with E-state index in [0.717, 1.165) is 33.4 Å². The molecule has 0 atom stereocenters. The molecule has 4 rings (SSSR count). The molecule has 4 nitrogen and oxygen atoms in total. The quantitative estimate of drug-likeness (QED) is 0.406. The van der Waals surface area contributed by atoms with E-state index in [9.17, 15) is 10.5 Å². The van der Waals surface area contributed by atoms with Gasteiger partial charge in [-0.25, -0.2) is 0 Å². The van der Waals surface area contributed by atoms with Crippen molar-refractivity contribution in [1.82, 2.24) is 0 Å². The van der Waals surface area contributed by atoms with E-state index in [0.29, 0.717) is 22.3 Å². The molecule has 0 aliphatic carbocycles. The Kier molecular flexibility index (Phi) is 5.46. The first-order valence-corrected chi connectivity index (χ1v) is 9.76. The summed E-state index contributed by atoms with van der Waals surface area (Å²) in [5, 5.41) is 36.7. The van der Waals surface area contributed by atoms with Crippen LogP contribution in [-0.4, -0.2) is 0 Å². The predicted molar refractivity (Wildman–Crippen MR) is 122 cm³/mol. The number of nitriles is 4. The van der Waals surface area contributed by atoms with Crippen molar-refractivity contribution in [3.05, 3.63) is 107 Å². The number of rotatable bonds is 3. The van der Waals surface area contributed by atoms with Gasteiger partial charge in [0.05, 0.1) is 22.3 Å². The molecule has 4 aromatic carbocycles. The number of hydrogen-bond donors (Lipinski definition) is 0. The van der Waals surface area contributed by atoms with Crippen molar-refractivity contribution in [3.8, 4) is 57.7 Å². The van der Waals surface area contributed by atoms with Crippen LogP contribution in [0.1, 0.15) is 22.3 Å². The fourth-order valence-electron chi connectivity index (χ4n) is 3.54. The number of hydrogen-bond acceptors (Lipinski definition) is 4. The van der Waals surface area contributed by atoms with E-state index in [1.807, 2.05) is 72.8 Å². The van der Waals surface area contributed by atoms with E-state index < -0.39 is 0 Å². The van der Waals surface area contributed by atoms with Crippen LogP contribution in [0.5, 0.6) is 0 Å². The molecule has 0 radical (unpaired) electrons. The fourth-order valence-corrected chi connectivity index (χ4v) is 3.54. The Morgan fingerprint density at radius 1 is 0.312 bits per heavy atom. The summed E-state index contributed by atoms with van der Waals surface area (Å²) in [5.41, 5.74) is 7.28. The minimum absolute atomic E-state index is 0.368. The molecular formula is C28H14N4. The second-order valence-corrected chi connectivity index (χ2v) is 7.12. The lowest BCUT2D eigenvalue weighted by molar-refractivity contribution is 1.43. The fraction of sp³-hybridized carbons (Fsp3) is 0. The highest BCUT2D eigenvalue weighted by molar-refractivity contribution is 5.75. The van der Waals surface area contributed by atoms with Crippen molar-refractivity contribution in [2.75, 3.05) is 0 Å². The third-order valence-electron chi connectivity index (χ3n) is 5.29. The predicted octanol–water partition coefficient (Wildman–Crippen LogP) is 6.17. The second-order valence-electron chi connectivity index (χ2n) is 7.12. The lowest BCUT2D eigenvalue weighted by Crippen LogP contribution is -1.87. The Morgan fingerprint density at radius 3 is 0.844 bits per heavy atom. The normalized spacial score (nSPS) is 9.75. The van der Waals surface area contributed by atoms with Gasteiger partial charge in [0.25, 0.3) is 0 Å². The Morgan fingerprint density at radius 2 is 0.562 bits per heavy atom. The monoisotopic (exact) mass is 406 g/mol. The van der Waals surface area contributed by atoms with Gasteiger partial charge in [-0.05, 0) is 57.6 Å². The number of benzene rings is 4. The number of nitrogens with zero attached hydrogens (tertiary/aromatic N) is 4. The zero-order valence-electron chi connectivity index (χ0n) is 16.9. The molecule has 0 aliphatic heterocycles. The molecular weight excluding hydrogens is 392 g/mol. The van der Waals surface area contributed by atoms with Crippen molar-refractivity contribution < 1.29 is 0 Å². The maximum Gasteiger partial charge on any atom is 0.101 e. The highest BCUT2D eigenvalue weighted by atomic mass is 14.3. The molecule has 0 N–H and O–H groups in total. The first-order valence-electron chi connectivity index (χ1n) is 9.76. The minimum atomic E-state index is 0.368. The molecule has 0 amide bonds. The van der Waals surface area contributed by atoms with Crippen LogP contribution in [-0.2, 0) is 0 Å². The lowest BCUT2D eigenvalue weighted by atomic mass is 9.96. The van der Waals surface area contributed by atoms with Crippen molar-refractivity contribution in [2.24, 2.45) is 0 Å². The largest absolute Gasteiger partial charge is 0.192 e. The molecule has 0 aromatic heterocycles. The van der Waals surface area contributed by atoms with Gasteiger partial charge in [-0.15, -0.1) is 0 Å². The Balaban J connectivity index is 1.60. The summed E-state index contributed by atoms with van der Waals surface area (Å²) < 4.78 is 0. The lowest BCUT2D eigenvalue weighted by Gasteiger charge is -2.08. The van der Waals surface area contributed by atoms with Crippen LogP contribution in [0.2, 0.25) is 0 Å². The van der Waals surface area contributed by atoms with Crippen molar-refractivity contribution in [2.45, 2.75) is 0 Å². The molecule has 4 heteroatoms. The maximum absolute atomic E-state index is 9.24. The van der Waals surface area contributed by atoms with E-state index in [2.05, 4.69) is 12.1 Å². The van der Waals surface area contributed by atoms with E-state index in [-0.39, 0.29) is 0 Å². The first-order chi connectivity index (χ1) is 15.7. The highest BCUT2D eigenvalue weighted by Crippen LogP contribution is 2.29. The molecule has 0 spiro atoms. The molecule has 4 aromatic rings. The van der Waals surface area contributed by atoms with Crippen LogP contribution in [0, 0.1) is 45.3 Å². The van der Waals surface area contributed by atoms with Gasteiger partial charge in [0.15, 0.2) is 0 Å². The Bertz CT molecular complexity index is 1370. The van der Waals surface area contributed by atoms with Gasteiger partial charge >= 0.3 is 0 Å². The van der Waals surface area contributed by atoms with Crippen LogP contribution >= 0.6 is 0 Å². The van der Waals surface area contributed by atoms with Crippen molar-refractivity contribution in [3.63, 3.8) is 0 Å². The van der Waals surface area contributed by atoms with Crippen molar-refractivity contribution in [1.29, 1.82) is 21.0 Å². The molecule has 0 aliphatic rings. The third-order valence-corrected chi connectivity index (χ3v) is 5.29. The average Bonchev–Trinajstić information content (AvgIpc) is 2.88. The Labute approximate surface area is 186 Å². The van der Waals surface area contributed by atoms with Crippen LogP contribution in [0.4, 0.5) is 0 Å². The SMILES string of the molecule is N#Cc1ccc(-c2ccc(-c3ccc(-c4ccc(C#N)c(C#N)c4)cc3)cc2)cc1C#N. The van der Waals surface area contributed by atoms with E-state index in [4.69, 9.17) is 10.5 Å². The van der Waals surface area contributed by atoms with Gasteiger partial charge in [-0.2, -0.15) is 21.0 Å². The van der Waals surface area contributed by atoms with Crippen LogP contribution in [0.15, 0.2) is 84.9 Å². The summed E-state index contributed by atoms with van der Waals surface area (Å²) in [5.74, 6) is 0. The van der Waals surface area contributed by atoms with E-state index >= 15 is 0 Å². The average molecular weight is 406 g/mol. The highest BCUT2D eigenvalue weighted by Gasteiger charge is 2.07. The summed E-state index contributed by atoms with van der Waals surface area (Å²) in [6.07, 6.45) is 0. The summed E-state index contributed by atoms with van der Waals surface area (Å²) >= 11 is 0. The molecule has 32 heavy (non-hydrogen) atoms. The summed E-state index contributed by atoms with van der Waals surface area (Å²) in [6.45, 7) is 0. The van der Waals surface area contributed by atoms with Gasteiger partial charge in [-0.3, -0.25) is 0 Å². The molecule has 0 saturated carbocycles. The zero-order valence-corrected chi connectivity index (χ0v) is 16.9. The summed E-state index contributed by atoms with van der Waals surface area (Å²) in [6, 6.07) is 34.7. The maximum atomic E-state index is 9.24. The molecule has 0 bridgehead atoms.